The number of piperidine rings is 1. The first kappa shape index (κ1) is 13.5. The second-order valence-corrected chi connectivity index (χ2v) is 7.37. The lowest BCUT2D eigenvalue weighted by molar-refractivity contribution is -0.0148. The zero-order valence-corrected chi connectivity index (χ0v) is 15.7. The molecule has 5 heteroatoms. The molecule has 2 aliphatic rings. The van der Waals surface area contributed by atoms with E-state index in [-0.39, 0.29) is 12.8 Å². The Kier molecular flexibility index (Phi) is 3.56. The van der Waals surface area contributed by atoms with Gasteiger partial charge in [-0.25, -0.2) is 0 Å². The number of aryl methyl sites for hydroxylation is 2. The Bertz CT molecular complexity index is 969. The monoisotopic (exact) mass is 376 g/mol. The number of halogens is 1. The number of benzene rings is 1. The van der Waals surface area contributed by atoms with Crippen LogP contribution in [0.3, 0.4) is 0 Å². The van der Waals surface area contributed by atoms with Gasteiger partial charge < -0.3 is 14.7 Å². The number of hydrogen-bond acceptors (Lipinski definition) is 4. The maximum absolute atomic E-state index is 12.3. The Morgan fingerprint density at radius 2 is 2.00 bits per heavy atom. The summed E-state index contributed by atoms with van der Waals surface area (Å²) in [5, 5.41) is 12.8. The van der Waals surface area contributed by atoms with Crippen molar-refractivity contribution in [2.24, 2.45) is 5.92 Å². The van der Waals surface area contributed by atoms with Gasteiger partial charge in [0.25, 0.3) is 0 Å². The van der Waals surface area contributed by atoms with E-state index in [9.17, 15) is 5.11 Å². The van der Waals surface area contributed by atoms with Crippen molar-refractivity contribution in [2.45, 2.75) is 31.3 Å². The largest absolute Gasteiger partial charge is 0.495 e. The van der Waals surface area contributed by atoms with E-state index in [1.165, 1.54) is 7.05 Å². The van der Waals surface area contributed by atoms with Crippen molar-refractivity contribution < 1.29 is 15.3 Å². The van der Waals surface area contributed by atoms with Gasteiger partial charge in [-0.1, -0.05) is 17.7 Å². The van der Waals surface area contributed by atoms with Crippen LogP contribution in [-0.2, 0) is 18.4 Å². The predicted molar refractivity (Wildman–Crippen MR) is 103 cm³/mol. The first-order valence-electron chi connectivity index (χ1n) is 10.8. The molecule has 1 unspecified atom stereocenters. The van der Waals surface area contributed by atoms with Crippen LogP contribution in [0.2, 0.25) is 5.02 Å². The number of ether oxygens (including phenoxy) is 1. The molecule has 2 aromatic rings. The van der Waals surface area contributed by atoms with Gasteiger partial charge in [0.1, 0.15) is 11.4 Å². The highest BCUT2D eigenvalue weighted by molar-refractivity contribution is 6.30. The van der Waals surface area contributed by atoms with E-state index < -0.39 is 24.5 Å². The van der Waals surface area contributed by atoms with E-state index >= 15 is 0 Å². The average Bonchev–Trinajstić information content (AvgIpc) is 2.80. The molecule has 4 rings (SSSR count). The van der Waals surface area contributed by atoms with Gasteiger partial charge in [0, 0.05) is 16.4 Å². The molecule has 2 heterocycles. The van der Waals surface area contributed by atoms with Crippen molar-refractivity contribution in [3.8, 4) is 5.75 Å². The average molecular weight is 377 g/mol. The van der Waals surface area contributed by atoms with E-state index in [1.807, 2.05) is 12.1 Å². The molecule has 1 aliphatic heterocycles. The number of likely N-dealkylation sites (tertiary alicyclic amines) is 1. The Morgan fingerprint density at radius 3 is 2.73 bits per heavy atom. The number of aromatic nitrogens is 1. The zero-order valence-electron chi connectivity index (χ0n) is 18.9. The summed E-state index contributed by atoms with van der Waals surface area (Å²) < 4.78 is 39.0. The van der Waals surface area contributed by atoms with Crippen molar-refractivity contribution in [2.75, 3.05) is 27.2 Å². The Hall–Kier alpha value is -1.62. The second-order valence-electron chi connectivity index (χ2n) is 6.93. The summed E-state index contributed by atoms with van der Waals surface area (Å²) in [6, 6.07) is 7.14. The minimum Gasteiger partial charge on any atom is -0.495 e. The standard InChI is InChI=1S/C21H25ClN2O2/c1-24-9-7-16(8-10-24)21(25)19-6-5-17(22)11-14(19)3-4-15-12-18(26-2)13-23-20(15)21/h5-6,11-13,16,25H,3-4,7-10H2,1-2H3/i9D2,10D2. The summed E-state index contributed by atoms with van der Waals surface area (Å²) in [5.74, 6) is -0.148. The molecule has 4 nitrogen and oxygen atoms in total. The third kappa shape index (κ3) is 2.90. The van der Waals surface area contributed by atoms with Gasteiger partial charge in [-0.05, 0) is 80.6 Å². The first-order valence-corrected chi connectivity index (χ1v) is 9.15. The molecule has 1 N–H and O–H groups in total. The molecule has 26 heavy (non-hydrogen) atoms. The van der Waals surface area contributed by atoms with Gasteiger partial charge in [0.15, 0.2) is 0 Å². The zero-order chi connectivity index (χ0) is 21.9. The van der Waals surface area contributed by atoms with Crippen molar-refractivity contribution in [1.82, 2.24) is 9.88 Å². The van der Waals surface area contributed by atoms with E-state index in [1.54, 1.807) is 25.4 Å². The summed E-state index contributed by atoms with van der Waals surface area (Å²) >= 11 is 6.23. The SMILES string of the molecule is [2H]C1([2H])CC(C2(O)c3ccc(Cl)cc3CCc3cc(OC)cnc32)CC([2H])([2H])N1C. The highest BCUT2D eigenvalue weighted by Gasteiger charge is 2.46. The van der Waals surface area contributed by atoms with E-state index in [0.717, 1.165) is 16.0 Å². The summed E-state index contributed by atoms with van der Waals surface area (Å²) in [7, 11) is 3.00. The van der Waals surface area contributed by atoms with Crippen molar-refractivity contribution in [3.05, 3.63) is 57.9 Å². The van der Waals surface area contributed by atoms with Gasteiger partial charge in [-0.3, -0.25) is 4.98 Å². The van der Waals surface area contributed by atoms with Crippen LogP contribution in [0.25, 0.3) is 0 Å². The molecule has 138 valence electrons. The maximum atomic E-state index is 12.3. The number of hydrogen-bond donors (Lipinski definition) is 1. The fourth-order valence-corrected chi connectivity index (χ4v) is 4.20. The van der Waals surface area contributed by atoms with Crippen molar-refractivity contribution in [1.29, 1.82) is 0 Å². The smallest absolute Gasteiger partial charge is 0.137 e. The third-order valence-electron chi connectivity index (χ3n) is 5.42. The molecule has 0 amide bonds. The van der Waals surface area contributed by atoms with Crippen LogP contribution in [0.15, 0.2) is 30.5 Å². The number of rotatable bonds is 2. The molecule has 1 fully saturated rings. The quantitative estimate of drug-likeness (QED) is 0.872. The Balaban J connectivity index is 1.95. The van der Waals surface area contributed by atoms with Crippen LogP contribution in [0.5, 0.6) is 5.75 Å². The molecule has 0 radical (unpaired) electrons. The van der Waals surface area contributed by atoms with Crippen LogP contribution in [0, 0.1) is 5.92 Å². The highest BCUT2D eigenvalue weighted by atomic mass is 35.5. The van der Waals surface area contributed by atoms with Crippen LogP contribution in [-0.4, -0.2) is 42.1 Å². The van der Waals surface area contributed by atoms with Crippen molar-refractivity contribution in [3.63, 3.8) is 0 Å². The minimum atomic E-state index is -1.92. The molecule has 0 spiro atoms. The lowest BCUT2D eigenvalue weighted by Gasteiger charge is -2.41. The van der Waals surface area contributed by atoms with Crippen LogP contribution in [0.4, 0.5) is 0 Å². The lowest BCUT2D eigenvalue weighted by atomic mass is 9.72. The summed E-state index contributed by atoms with van der Waals surface area (Å²) in [6.45, 7) is -3.85. The molecule has 1 aromatic heterocycles. The summed E-state index contributed by atoms with van der Waals surface area (Å²) in [5.41, 5.74) is 1.07. The van der Waals surface area contributed by atoms with E-state index in [0.29, 0.717) is 34.9 Å². The normalized spacial score (nSPS) is 30.0. The third-order valence-corrected chi connectivity index (χ3v) is 5.66. The molecule has 0 saturated carbocycles. The predicted octanol–water partition coefficient (Wildman–Crippen LogP) is 3.42. The number of fused-ring (bicyclic) bond motifs is 2. The molecular formula is C21H25ClN2O2. The second kappa shape index (κ2) is 6.84. The van der Waals surface area contributed by atoms with Crippen LogP contribution < -0.4 is 4.74 Å². The molecule has 1 aliphatic carbocycles. The lowest BCUT2D eigenvalue weighted by Crippen LogP contribution is -2.44. The number of aliphatic hydroxyl groups is 1. The van der Waals surface area contributed by atoms with Crippen molar-refractivity contribution >= 4 is 11.6 Å². The topological polar surface area (TPSA) is 45.6 Å². The number of pyridine rings is 1. The highest BCUT2D eigenvalue weighted by Crippen LogP contribution is 2.46. The molecule has 0 bridgehead atoms. The fraction of sp³-hybridized carbons (Fsp3) is 0.476. The van der Waals surface area contributed by atoms with Gasteiger partial charge in [-0.15, -0.1) is 0 Å². The van der Waals surface area contributed by atoms with Gasteiger partial charge in [0.2, 0.25) is 0 Å². The number of methoxy groups -OCH3 is 1. The van der Waals surface area contributed by atoms with Gasteiger partial charge in [0.05, 0.1) is 19.0 Å². The summed E-state index contributed by atoms with van der Waals surface area (Å²) in [6.07, 6.45) is 2.72. The summed E-state index contributed by atoms with van der Waals surface area (Å²) in [4.78, 5) is 5.66. The Morgan fingerprint density at radius 1 is 1.27 bits per heavy atom. The minimum absolute atomic E-state index is 0.0330. The Labute approximate surface area is 165 Å². The molecular weight excluding hydrogens is 348 g/mol. The van der Waals surface area contributed by atoms with Crippen LogP contribution >= 0.6 is 11.6 Å². The maximum Gasteiger partial charge on any atom is 0.137 e. The van der Waals surface area contributed by atoms with E-state index in [4.69, 9.17) is 21.8 Å². The van der Waals surface area contributed by atoms with Gasteiger partial charge in [-0.2, -0.15) is 0 Å². The van der Waals surface area contributed by atoms with Gasteiger partial charge >= 0.3 is 0 Å². The molecule has 1 atom stereocenters. The molecule has 1 aromatic carbocycles. The van der Waals surface area contributed by atoms with Crippen LogP contribution in [0.1, 0.15) is 40.7 Å². The fourth-order valence-electron chi connectivity index (χ4n) is 4.00. The number of nitrogens with zero attached hydrogens (tertiary/aromatic N) is 2. The molecule has 1 saturated heterocycles. The van der Waals surface area contributed by atoms with E-state index in [2.05, 4.69) is 4.98 Å². The first-order chi connectivity index (χ1) is 14.0.